The fourth-order valence-corrected chi connectivity index (χ4v) is 2.29. The SMILES string of the molecule is CCc1cccnc1C(NN)c1ccc(C)c(C)c1. The summed E-state index contributed by atoms with van der Waals surface area (Å²) in [5.74, 6) is 5.76. The molecule has 0 aliphatic carbocycles. The topological polar surface area (TPSA) is 50.9 Å². The second-order valence-corrected chi connectivity index (χ2v) is 4.84. The van der Waals surface area contributed by atoms with E-state index in [1.807, 2.05) is 12.3 Å². The summed E-state index contributed by atoms with van der Waals surface area (Å²) in [6.07, 6.45) is 2.77. The van der Waals surface area contributed by atoms with Crippen molar-refractivity contribution in [2.45, 2.75) is 33.2 Å². The van der Waals surface area contributed by atoms with Crippen LogP contribution in [0.4, 0.5) is 0 Å². The molecule has 1 heterocycles. The number of hydrazine groups is 1. The summed E-state index contributed by atoms with van der Waals surface area (Å²) in [7, 11) is 0. The van der Waals surface area contributed by atoms with Crippen molar-refractivity contribution >= 4 is 0 Å². The number of nitrogens with zero attached hydrogens (tertiary/aromatic N) is 1. The summed E-state index contributed by atoms with van der Waals surface area (Å²) in [6.45, 7) is 6.36. The highest BCUT2D eigenvalue weighted by Crippen LogP contribution is 2.24. The van der Waals surface area contributed by atoms with E-state index in [0.29, 0.717) is 0 Å². The van der Waals surface area contributed by atoms with E-state index in [0.717, 1.165) is 17.7 Å². The predicted octanol–water partition coefficient (Wildman–Crippen LogP) is 2.81. The lowest BCUT2D eigenvalue weighted by Gasteiger charge is -2.19. The number of nitrogens with one attached hydrogen (secondary N) is 1. The highest BCUT2D eigenvalue weighted by Gasteiger charge is 2.17. The number of pyridine rings is 1. The van der Waals surface area contributed by atoms with E-state index in [-0.39, 0.29) is 6.04 Å². The average molecular weight is 255 g/mol. The molecule has 0 bridgehead atoms. The summed E-state index contributed by atoms with van der Waals surface area (Å²) < 4.78 is 0. The van der Waals surface area contributed by atoms with Gasteiger partial charge < -0.3 is 0 Å². The summed E-state index contributed by atoms with van der Waals surface area (Å²) in [4.78, 5) is 4.51. The van der Waals surface area contributed by atoms with Gasteiger partial charge in [0.25, 0.3) is 0 Å². The molecule has 0 radical (unpaired) electrons. The van der Waals surface area contributed by atoms with Crippen LogP contribution in [-0.4, -0.2) is 4.98 Å². The number of hydrogen-bond acceptors (Lipinski definition) is 3. The third kappa shape index (κ3) is 2.83. The van der Waals surface area contributed by atoms with Gasteiger partial charge in [-0.3, -0.25) is 10.8 Å². The van der Waals surface area contributed by atoms with Crippen LogP contribution in [0.2, 0.25) is 0 Å². The monoisotopic (exact) mass is 255 g/mol. The van der Waals surface area contributed by atoms with Crippen LogP contribution in [0.1, 0.15) is 40.9 Å². The van der Waals surface area contributed by atoms with Crippen molar-refractivity contribution in [1.82, 2.24) is 10.4 Å². The van der Waals surface area contributed by atoms with E-state index < -0.39 is 0 Å². The average Bonchev–Trinajstić information content (AvgIpc) is 2.44. The molecule has 3 heteroatoms. The van der Waals surface area contributed by atoms with Gasteiger partial charge in [0, 0.05) is 6.20 Å². The maximum atomic E-state index is 5.76. The first-order chi connectivity index (χ1) is 9.17. The molecule has 2 rings (SSSR count). The number of rotatable bonds is 4. The van der Waals surface area contributed by atoms with Crippen LogP contribution in [0.3, 0.4) is 0 Å². The Balaban J connectivity index is 2.46. The summed E-state index contributed by atoms with van der Waals surface area (Å²) in [6, 6.07) is 10.4. The Kier molecular flexibility index (Phi) is 4.30. The Morgan fingerprint density at radius 1 is 1.21 bits per heavy atom. The van der Waals surface area contributed by atoms with Crippen molar-refractivity contribution in [2.75, 3.05) is 0 Å². The van der Waals surface area contributed by atoms with Gasteiger partial charge >= 0.3 is 0 Å². The maximum Gasteiger partial charge on any atom is 0.0884 e. The molecule has 1 aromatic heterocycles. The molecule has 0 aliphatic heterocycles. The van der Waals surface area contributed by atoms with Gasteiger partial charge in [0.15, 0.2) is 0 Å². The molecule has 1 atom stereocenters. The van der Waals surface area contributed by atoms with Gasteiger partial charge in [-0.15, -0.1) is 0 Å². The predicted molar refractivity (Wildman–Crippen MR) is 78.7 cm³/mol. The van der Waals surface area contributed by atoms with E-state index in [4.69, 9.17) is 5.84 Å². The molecule has 0 spiro atoms. The maximum absolute atomic E-state index is 5.76. The number of nitrogens with two attached hydrogens (primary N) is 1. The van der Waals surface area contributed by atoms with Crippen molar-refractivity contribution in [2.24, 2.45) is 5.84 Å². The Hall–Kier alpha value is -1.71. The molecule has 0 saturated carbocycles. The van der Waals surface area contributed by atoms with Crippen LogP contribution < -0.4 is 11.3 Å². The highest BCUT2D eigenvalue weighted by molar-refractivity contribution is 5.37. The van der Waals surface area contributed by atoms with E-state index in [1.165, 1.54) is 16.7 Å². The summed E-state index contributed by atoms with van der Waals surface area (Å²) in [5.41, 5.74) is 8.84. The highest BCUT2D eigenvalue weighted by atomic mass is 15.2. The van der Waals surface area contributed by atoms with Crippen LogP contribution in [0.5, 0.6) is 0 Å². The molecular weight excluding hydrogens is 234 g/mol. The number of hydrogen-bond donors (Lipinski definition) is 2. The number of benzene rings is 1. The van der Waals surface area contributed by atoms with Gasteiger partial charge in [0.2, 0.25) is 0 Å². The molecule has 3 N–H and O–H groups in total. The lowest BCUT2D eigenvalue weighted by atomic mass is 9.96. The molecule has 100 valence electrons. The first-order valence-electron chi connectivity index (χ1n) is 6.64. The van der Waals surface area contributed by atoms with Crippen molar-refractivity contribution < 1.29 is 0 Å². The molecule has 3 nitrogen and oxygen atoms in total. The second kappa shape index (κ2) is 5.95. The fraction of sp³-hybridized carbons (Fsp3) is 0.312. The van der Waals surface area contributed by atoms with Crippen LogP contribution >= 0.6 is 0 Å². The van der Waals surface area contributed by atoms with Crippen LogP contribution in [0.15, 0.2) is 36.5 Å². The summed E-state index contributed by atoms with van der Waals surface area (Å²) >= 11 is 0. The molecule has 1 unspecified atom stereocenters. The minimum atomic E-state index is -0.0598. The van der Waals surface area contributed by atoms with Gasteiger partial charge in [0.05, 0.1) is 11.7 Å². The molecule has 0 aliphatic rings. The first-order valence-corrected chi connectivity index (χ1v) is 6.64. The van der Waals surface area contributed by atoms with Gasteiger partial charge in [0.1, 0.15) is 0 Å². The zero-order valence-corrected chi connectivity index (χ0v) is 11.8. The molecule has 0 saturated heterocycles. The minimum absolute atomic E-state index is 0.0598. The molecule has 0 amide bonds. The zero-order chi connectivity index (χ0) is 13.8. The second-order valence-electron chi connectivity index (χ2n) is 4.84. The quantitative estimate of drug-likeness (QED) is 0.652. The third-order valence-corrected chi connectivity index (χ3v) is 3.61. The summed E-state index contributed by atoms with van der Waals surface area (Å²) in [5, 5.41) is 0. The smallest absolute Gasteiger partial charge is 0.0884 e. The molecule has 1 aromatic carbocycles. The standard InChI is InChI=1S/C16H21N3/c1-4-13-6-5-9-18-15(13)16(19-17)14-8-7-11(2)12(3)10-14/h5-10,16,19H,4,17H2,1-3H3. The zero-order valence-electron chi connectivity index (χ0n) is 11.8. The normalized spacial score (nSPS) is 12.4. The molecule has 0 fully saturated rings. The Bertz CT molecular complexity index is 564. The Morgan fingerprint density at radius 2 is 2.00 bits per heavy atom. The van der Waals surface area contributed by atoms with Gasteiger partial charge in [-0.2, -0.15) is 0 Å². The van der Waals surface area contributed by atoms with Gasteiger partial charge in [-0.1, -0.05) is 31.2 Å². The Labute approximate surface area is 114 Å². The van der Waals surface area contributed by atoms with E-state index >= 15 is 0 Å². The van der Waals surface area contributed by atoms with Crippen molar-refractivity contribution in [3.8, 4) is 0 Å². The molecule has 2 aromatic rings. The first kappa shape index (κ1) is 13.7. The number of aromatic nitrogens is 1. The lowest BCUT2D eigenvalue weighted by Crippen LogP contribution is -2.30. The van der Waals surface area contributed by atoms with Crippen LogP contribution in [0.25, 0.3) is 0 Å². The Morgan fingerprint density at radius 3 is 2.63 bits per heavy atom. The van der Waals surface area contributed by atoms with Crippen molar-refractivity contribution in [1.29, 1.82) is 0 Å². The van der Waals surface area contributed by atoms with Crippen molar-refractivity contribution in [3.05, 3.63) is 64.5 Å². The minimum Gasteiger partial charge on any atom is -0.271 e. The van der Waals surface area contributed by atoms with Crippen LogP contribution in [0, 0.1) is 13.8 Å². The van der Waals surface area contributed by atoms with Gasteiger partial charge in [-0.05, 0) is 48.6 Å². The van der Waals surface area contributed by atoms with E-state index in [1.54, 1.807) is 0 Å². The van der Waals surface area contributed by atoms with E-state index in [2.05, 4.69) is 55.4 Å². The number of aryl methyl sites for hydroxylation is 3. The molecular formula is C16H21N3. The lowest BCUT2D eigenvalue weighted by molar-refractivity contribution is 0.614. The van der Waals surface area contributed by atoms with Gasteiger partial charge in [-0.25, -0.2) is 5.43 Å². The van der Waals surface area contributed by atoms with Crippen LogP contribution in [-0.2, 0) is 6.42 Å². The van der Waals surface area contributed by atoms with Crippen molar-refractivity contribution in [3.63, 3.8) is 0 Å². The van der Waals surface area contributed by atoms with E-state index in [9.17, 15) is 0 Å². The molecule has 19 heavy (non-hydrogen) atoms. The largest absolute Gasteiger partial charge is 0.271 e. The fourth-order valence-electron chi connectivity index (χ4n) is 2.29. The third-order valence-electron chi connectivity index (χ3n) is 3.61.